The maximum Gasteiger partial charge on any atom is 0.248 e. The monoisotopic (exact) mass is 373 g/mol. The smallest absolute Gasteiger partial charge is 0.248 e. The zero-order valence-corrected chi connectivity index (χ0v) is 14.7. The lowest BCUT2D eigenvalue weighted by Crippen LogP contribution is -2.43. The fourth-order valence-corrected chi connectivity index (χ4v) is 4.28. The highest BCUT2D eigenvalue weighted by Gasteiger charge is 2.30. The molecule has 140 valence electrons. The number of amides is 1. The number of hydrogen-bond acceptors (Lipinski definition) is 5. The van der Waals surface area contributed by atoms with Crippen LogP contribution in [0.2, 0.25) is 0 Å². The lowest BCUT2D eigenvalue weighted by molar-refractivity contribution is -0.129. The average Bonchev–Trinajstić information content (AvgIpc) is 2.60. The largest absolute Gasteiger partial charge is 0.383 e. The van der Waals surface area contributed by atoms with Gasteiger partial charge in [0.15, 0.2) is 0 Å². The van der Waals surface area contributed by atoms with E-state index >= 15 is 0 Å². The maximum absolute atomic E-state index is 13.3. The summed E-state index contributed by atoms with van der Waals surface area (Å²) in [7, 11) is -3.71. The van der Waals surface area contributed by atoms with Crippen molar-refractivity contribution in [1.82, 2.24) is 9.62 Å². The molecule has 1 aromatic carbocycles. The van der Waals surface area contributed by atoms with E-state index in [9.17, 15) is 22.7 Å². The zero-order valence-electron chi connectivity index (χ0n) is 13.9. The molecule has 1 aliphatic heterocycles. The molecule has 1 aromatic rings. The minimum Gasteiger partial charge on any atom is -0.383 e. The van der Waals surface area contributed by atoms with Gasteiger partial charge in [0.1, 0.15) is 11.9 Å². The van der Waals surface area contributed by atoms with Gasteiger partial charge in [-0.2, -0.15) is 4.31 Å². The Morgan fingerprint density at radius 2 is 2.08 bits per heavy atom. The molecule has 7 nitrogen and oxygen atoms in total. The van der Waals surface area contributed by atoms with Gasteiger partial charge in [0, 0.05) is 19.6 Å². The van der Waals surface area contributed by atoms with E-state index in [1.165, 1.54) is 22.5 Å². The number of aliphatic hydroxyl groups is 1. The topological polar surface area (TPSA) is 113 Å². The molecule has 1 atom stereocenters. The summed E-state index contributed by atoms with van der Waals surface area (Å²) in [6.07, 6.45) is 0.262. The van der Waals surface area contributed by atoms with Crippen LogP contribution in [0.4, 0.5) is 4.39 Å². The van der Waals surface area contributed by atoms with Gasteiger partial charge in [-0.1, -0.05) is 6.07 Å². The number of carbonyl (C=O) groups excluding carboxylic acids is 1. The van der Waals surface area contributed by atoms with Crippen LogP contribution >= 0.6 is 0 Å². The second kappa shape index (κ2) is 8.70. The Balaban J connectivity index is 1.86. The first kappa shape index (κ1) is 19.8. The van der Waals surface area contributed by atoms with Crippen LogP contribution in [0.15, 0.2) is 29.2 Å². The molecule has 25 heavy (non-hydrogen) atoms. The molecule has 0 aromatic heterocycles. The van der Waals surface area contributed by atoms with Gasteiger partial charge in [-0.3, -0.25) is 4.79 Å². The Morgan fingerprint density at radius 1 is 1.40 bits per heavy atom. The summed E-state index contributed by atoms with van der Waals surface area (Å²) in [5, 5.41) is 12.2. The third kappa shape index (κ3) is 5.21. The van der Waals surface area contributed by atoms with E-state index < -0.39 is 27.9 Å². The predicted molar refractivity (Wildman–Crippen MR) is 90.6 cm³/mol. The fourth-order valence-electron chi connectivity index (χ4n) is 2.78. The number of rotatable bonds is 7. The number of nitrogens with two attached hydrogens (primary N) is 1. The molecule has 1 aliphatic rings. The van der Waals surface area contributed by atoms with Crippen molar-refractivity contribution in [1.29, 1.82) is 0 Å². The summed E-state index contributed by atoms with van der Waals surface area (Å²) in [5.74, 6) is -0.914. The van der Waals surface area contributed by atoms with Crippen molar-refractivity contribution in [3.05, 3.63) is 30.1 Å². The minimum absolute atomic E-state index is 0.0517. The predicted octanol–water partition coefficient (Wildman–Crippen LogP) is 0.0523. The summed E-state index contributed by atoms with van der Waals surface area (Å²) in [6.45, 7) is 1.23. The standard InChI is InChI=1S/C16H24FN3O4S/c17-13-2-1-3-14(10-13)25(23,24)20-8-5-12(6-9-20)11-19-16(22)15(21)4-7-18/h1-3,10,12,15,21H,4-9,11,18H2,(H,19,22). The first-order valence-corrected chi connectivity index (χ1v) is 9.70. The van der Waals surface area contributed by atoms with Crippen molar-refractivity contribution in [3.8, 4) is 0 Å². The van der Waals surface area contributed by atoms with E-state index in [4.69, 9.17) is 5.73 Å². The number of nitrogens with zero attached hydrogens (tertiary/aromatic N) is 1. The number of aliphatic hydroxyl groups excluding tert-OH is 1. The molecule has 0 saturated carbocycles. The molecule has 9 heteroatoms. The number of hydrogen-bond donors (Lipinski definition) is 3. The first-order chi connectivity index (χ1) is 11.8. The van der Waals surface area contributed by atoms with Crippen LogP contribution in [0, 0.1) is 11.7 Å². The van der Waals surface area contributed by atoms with Crippen molar-refractivity contribution >= 4 is 15.9 Å². The fraction of sp³-hybridized carbons (Fsp3) is 0.562. The highest BCUT2D eigenvalue weighted by Crippen LogP contribution is 2.23. The van der Waals surface area contributed by atoms with Crippen LogP contribution in [0.3, 0.4) is 0 Å². The number of nitrogens with one attached hydrogen (secondary N) is 1. The second-order valence-electron chi connectivity index (χ2n) is 6.14. The van der Waals surface area contributed by atoms with Crippen molar-refractivity contribution < 1.29 is 22.7 Å². The normalized spacial score (nSPS) is 18.0. The number of piperidine rings is 1. The number of benzene rings is 1. The molecule has 1 amide bonds. The van der Waals surface area contributed by atoms with Crippen molar-refractivity contribution in [2.45, 2.75) is 30.3 Å². The Kier molecular flexibility index (Phi) is 6.88. The van der Waals surface area contributed by atoms with Gasteiger partial charge < -0.3 is 16.2 Å². The molecule has 1 fully saturated rings. The molecule has 1 saturated heterocycles. The molecular formula is C16H24FN3O4S. The molecule has 0 bridgehead atoms. The Morgan fingerprint density at radius 3 is 2.68 bits per heavy atom. The van der Waals surface area contributed by atoms with E-state index in [0.29, 0.717) is 32.5 Å². The molecular weight excluding hydrogens is 349 g/mol. The Bertz CT molecular complexity index is 690. The van der Waals surface area contributed by atoms with E-state index in [0.717, 1.165) is 6.07 Å². The van der Waals surface area contributed by atoms with Gasteiger partial charge in [0.2, 0.25) is 15.9 Å². The van der Waals surface area contributed by atoms with E-state index in [1.807, 2.05) is 0 Å². The first-order valence-electron chi connectivity index (χ1n) is 8.26. The molecule has 1 heterocycles. The van der Waals surface area contributed by atoms with Crippen LogP contribution in [-0.4, -0.2) is 56.0 Å². The summed E-state index contributed by atoms with van der Waals surface area (Å²) in [5.41, 5.74) is 5.29. The number of halogens is 1. The minimum atomic E-state index is -3.71. The van der Waals surface area contributed by atoms with Gasteiger partial charge in [-0.15, -0.1) is 0 Å². The molecule has 0 radical (unpaired) electrons. The molecule has 2 rings (SSSR count). The van der Waals surface area contributed by atoms with Crippen molar-refractivity contribution in [2.75, 3.05) is 26.2 Å². The average molecular weight is 373 g/mol. The molecule has 1 unspecified atom stereocenters. The van der Waals surface area contributed by atoms with Gasteiger partial charge in [-0.25, -0.2) is 12.8 Å². The van der Waals surface area contributed by atoms with E-state index in [1.54, 1.807) is 0 Å². The lowest BCUT2D eigenvalue weighted by Gasteiger charge is -2.31. The quantitative estimate of drug-likeness (QED) is 0.625. The maximum atomic E-state index is 13.3. The van der Waals surface area contributed by atoms with Crippen LogP contribution < -0.4 is 11.1 Å². The summed E-state index contributed by atoms with van der Waals surface area (Å²) in [4.78, 5) is 11.6. The highest BCUT2D eigenvalue weighted by atomic mass is 32.2. The van der Waals surface area contributed by atoms with Gasteiger partial charge in [-0.05, 0) is 49.9 Å². The van der Waals surface area contributed by atoms with Crippen LogP contribution in [0.1, 0.15) is 19.3 Å². The van der Waals surface area contributed by atoms with Gasteiger partial charge >= 0.3 is 0 Å². The highest BCUT2D eigenvalue weighted by molar-refractivity contribution is 7.89. The van der Waals surface area contributed by atoms with Crippen LogP contribution in [0.25, 0.3) is 0 Å². The van der Waals surface area contributed by atoms with Crippen LogP contribution in [-0.2, 0) is 14.8 Å². The van der Waals surface area contributed by atoms with E-state index in [2.05, 4.69) is 5.32 Å². The summed E-state index contributed by atoms with van der Waals surface area (Å²) >= 11 is 0. The number of carbonyl (C=O) groups is 1. The van der Waals surface area contributed by atoms with E-state index in [-0.39, 0.29) is 23.8 Å². The lowest BCUT2D eigenvalue weighted by atomic mass is 9.98. The third-order valence-electron chi connectivity index (χ3n) is 4.32. The van der Waals surface area contributed by atoms with Crippen molar-refractivity contribution in [2.24, 2.45) is 11.7 Å². The van der Waals surface area contributed by atoms with Crippen LogP contribution in [0.5, 0.6) is 0 Å². The molecule has 0 spiro atoms. The summed E-state index contributed by atoms with van der Waals surface area (Å²) < 4.78 is 39.6. The summed E-state index contributed by atoms with van der Waals surface area (Å²) in [6, 6.07) is 4.97. The Labute approximate surface area is 147 Å². The zero-order chi connectivity index (χ0) is 18.4. The third-order valence-corrected chi connectivity index (χ3v) is 6.21. The number of sulfonamides is 1. The SMILES string of the molecule is NCCC(O)C(=O)NCC1CCN(S(=O)(=O)c2cccc(F)c2)CC1. The van der Waals surface area contributed by atoms with Crippen molar-refractivity contribution in [3.63, 3.8) is 0 Å². The Hall–Kier alpha value is -1.55. The van der Waals surface area contributed by atoms with Gasteiger partial charge in [0.05, 0.1) is 4.90 Å². The molecule has 0 aliphatic carbocycles. The van der Waals surface area contributed by atoms with Gasteiger partial charge in [0.25, 0.3) is 0 Å². The second-order valence-corrected chi connectivity index (χ2v) is 8.08. The molecule has 4 N–H and O–H groups in total.